The minimum atomic E-state index is -0.352. The summed E-state index contributed by atoms with van der Waals surface area (Å²) in [6.07, 6.45) is 0.571. The zero-order chi connectivity index (χ0) is 15.7. The maximum atomic E-state index is 10.6. The molecule has 0 radical (unpaired) electrons. The second kappa shape index (κ2) is 5.78. The lowest BCUT2D eigenvalue weighted by Gasteiger charge is -2.36. The highest BCUT2D eigenvalue weighted by Crippen LogP contribution is 2.31. The van der Waals surface area contributed by atoms with E-state index in [2.05, 4.69) is 18.8 Å². The molecule has 0 saturated heterocycles. The van der Waals surface area contributed by atoms with Crippen molar-refractivity contribution in [2.45, 2.75) is 58.2 Å². The molecule has 0 fully saturated rings. The predicted octanol–water partition coefficient (Wildman–Crippen LogP) is 3.81. The maximum absolute atomic E-state index is 10.6. The molecule has 1 unspecified atom stereocenters. The van der Waals surface area contributed by atoms with Crippen molar-refractivity contribution < 1.29 is 9.94 Å². The molecule has 116 valence electrons. The average Bonchev–Trinajstić information content (AvgIpc) is 2.74. The first kappa shape index (κ1) is 16.0. The van der Waals surface area contributed by atoms with Crippen LogP contribution in [0.1, 0.15) is 52.6 Å². The van der Waals surface area contributed by atoms with Crippen LogP contribution in [-0.2, 0) is 4.74 Å². The highest BCUT2D eigenvalue weighted by molar-refractivity contribution is 5.79. The molecular formula is C17H26N2O2. The zero-order valence-electron chi connectivity index (χ0n) is 13.6. The molecule has 1 N–H and O–H groups in total. The molecule has 1 aliphatic rings. The van der Waals surface area contributed by atoms with E-state index in [1.54, 1.807) is 0 Å². The van der Waals surface area contributed by atoms with Gasteiger partial charge in [-0.25, -0.2) is 4.99 Å². The minimum absolute atomic E-state index is 0.168. The number of hydroxylamine groups is 2. The summed E-state index contributed by atoms with van der Waals surface area (Å²) in [4.78, 5) is 4.61. The van der Waals surface area contributed by atoms with Crippen molar-refractivity contribution in [3.8, 4) is 0 Å². The normalized spacial score (nSPS) is 19.3. The summed E-state index contributed by atoms with van der Waals surface area (Å²) in [7, 11) is 0. The van der Waals surface area contributed by atoms with Gasteiger partial charge in [-0.3, -0.25) is 0 Å². The van der Waals surface area contributed by atoms with Gasteiger partial charge in [-0.1, -0.05) is 30.3 Å². The van der Waals surface area contributed by atoms with Crippen LogP contribution in [0.4, 0.5) is 0 Å². The summed E-state index contributed by atoms with van der Waals surface area (Å²) in [6, 6.07) is 9.84. The van der Waals surface area contributed by atoms with E-state index in [1.165, 1.54) is 5.06 Å². The number of benzene rings is 1. The van der Waals surface area contributed by atoms with Crippen LogP contribution in [-0.4, -0.2) is 33.9 Å². The molecule has 0 aliphatic carbocycles. The standard InChI is InChI=1S/C17H26N2O2/c1-16(2,3)19(20)14(13-9-7-6-8-10-13)11-15-18-17(4,5)12-21-15/h6-10,14,20H,11-12H2,1-5H3. The summed E-state index contributed by atoms with van der Waals surface area (Å²) >= 11 is 0. The molecule has 21 heavy (non-hydrogen) atoms. The number of aliphatic imine (C=N–C) groups is 1. The molecule has 1 aliphatic heterocycles. The smallest absolute Gasteiger partial charge is 0.185 e. The monoisotopic (exact) mass is 290 g/mol. The Bertz CT molecular complexity index is 503. The highest BCUT2D eigenvalue weighted by Gasteiger charge is 2.33. The van der Waals surface area contributed by atoms with Gasteiger partial charge in [0, 0.05) is 12.0 Å². The van der Waals surface area contributed by atoms with Crippen molar-refractivity contribution in [1.29, 1.82) is 0 Å². The van der Waals surface area contributed by atoms with E-state index in [4.69, 9.17) is 4.74 Å². The molecule has 4 nitrogen and oxygen atoms in total. The van der Waals surface area contributed by atoms with E-state index < -0.39 is 0 Å². The van der Waals surface area contributed by atoms with Gasteiger partial charge in [0.05, 0.1) is 11.6 Å². The van der Waals surface area contributed by atoms with Gasteiger partial charge in [0.15, 0.2) is 5.90 Å². The molecule has 0 spiro atoms. The Kier molecular flexibility index (Phi) is 4.40. The van der Waals surface area contributed by atoms with Crippen molar-refractivity contribution >= 4 is 5.90 Å². The first-order valence-electron chi connectivity index (χ1n) is 7.44. The average molecular weight is 290 g/mol. The Hall–Kier alpha value is -1.39. The third-order valence-corrected chi connectivity index (χ3v) is 3.55. The SMILES string of the molecule is CC1(C)COC(CC(c2ccccc2)N(O)C(C)(C)C)=N1. The Morgan fingerprint density at radius 2 is 1.90 bits per heavy atom. The third kappa shape index (κ3) is 4.05. The van der Waals surface area contributed by atoms with Crippen LogP contribution in [0, 0.1) is 0 Å². The fourth-order valence-electron chi connectivity index (χ4n) is 2.42. The van der Waals surface area contributed by atoms with Gasteiger partial charge in [-0.15, -0.1) is 0 Å². The number of hydrogen-bond acceptors (Lipinski definition) is 4. The van der Waals surface area contributed by atoms with E-state index in [9.17, 15) is 5.21 Å². The van der Waals surface area contributed by atoms with Gasteiger partial charge in [0.25, 0.3) is 0 Å². The van der Waals surface area contributed by atoms with E-state index >= 15 is 0 Å². The number of ether oxygens (including phenoxy) is 1. The Morgan fingerprint density at radius 1 is 1.29 bits per heavy atom. The summed E-state index contributed by atoms with van der Waals surface area (Å²) in [6.45, 7) is 10.7. The van der Waals surface area contributed by atoms with Crippen LogP contribution < -0.4 is 0 Å². The van der Waals surface area contributed by atoms with E-state index in [-0.39, 0.29) is 17.1 Å². The van der Waals surface area contributed by atoms with Crippen molar-refractivity contribution in [2.24, 2.45) is 4.99 Å². The van der Waals surface area contributed by atoms with Crippen LogP contribution in [0.2, 0.25) is 0 Å². The Morgan fingerprint density at radius 3 is 2.38 bits per heavy atom. The number of nitrogens with zero attached hydrogens (tertiary/aromatic N) is 2. The lowest BCUT2D eigenvalue weighted by Crippen LogP contribution is -2.42. The van der Waals surface area contributed by atoms with Crippen LogP contribution in [0.5, 0.6) is 0 Å². The molecule has 0 bridgehead atoms. The van der Waals surface area contributed by atoms with Crippen molar-refractivity contribution in [3.05, 3.63) is 35.9 Å². The maximum Gasteiger partial charge on any atom is 0.185 e. The van der Waals surface area contributed by atoms with Gasteiger partial charge >= 0.3 is 0 Å². The first-order chi connectivity index (χ1) is 9.69. The molecule has 1 aromatic carbocycles. The van der Waals surface area contributed by atoms with E-state index in [0.29, 0.717) is 13.0 Å². The van der Waals surface area contributed by atoms with Crippen molar-refractivity contribution in [3.63, 3.8) is 0 Å². The zero-order valence-corrected chi connectivity index (χ0v) is 13.6. The van der Waals surface area contributed by atoms with Crippen LogP contribution in [0.3, 0.4) is 0 Å². The molecule has 2 rings (SSSR count). The van der Waals surface area contributed by atoms with E-state index in [1.807, 2.05) is 51.1 Å². The second-order valence-electron chi connectivity index (χ2n) is 7.25. The summed E-state index contributed by atoms with van der Waals surface area (Å²) in [5, 5.41) is 12.0. The fraction of sp³-hybridized carbons (Fsp3) is 0.588. The number of hydrogen-bond donors (Lipinski definition) is 1. The Balaban J connectivity index is 2.25. The lowest BCUT2D eigenvalue weighted by molar-refractivity contribution is -0.188. The lowest BCUT2D eigenvalue weighted by atomic mass is 9.98. The molecule has 0 aromatic heterocycles. The fourth-order valence-corrected chi connectivity index (χ4v) is 2.42. The molecule has 4 heteroatoms. The summed E-state index contributed by atoms with van der Waals surface area (Å²) in [5.41, 5.74) is 0.541. The van der Waals surface area contributed by atoms with Gasteiger partial charge in [-0.2, -0.15) is 5.06 Å². The van der Waals surface area contributed by atoms with Crippen molar-refractivity contribution in [1.82, 2.24) is 5.06 Å². The molecule has 1 heterocycles. The molecule has 1 atom stereocenters. The van der Waals surface area contributed by atoms with Crippen LogP contribution in [0.15, 0.2) is 35.3 Å². The predicted molar refractivity (Wildman–Crippen MR) is 84.6 cm³/mol. The summed E-state index contributed by atoms with van der Waals surface area (Å²) in [5.74, 6) is 0.720. The first-order valence-corrected chi connectivity index (χ1v) is 7.44. The van der Waals surface area contributed by atoms with Crippen LogP contribution in [0.25, 0.3) is 0 Å². The molecule has 1 aromatic rings. The molecule has 0 saturated carbocycles. The second-order valence-corrected chi connectivity index (χ2v) is 7.25. The quantitative estimate of drug-likeness (QED) is 0.858. The van der Waals surface area contributed by atoms with Crippen LogP contribution >= 0.6 is 0 Å². The van der Waals surface area contributed by atoms with Crippen molar-refractivity contribution in [2.75, 3.05) is 6.61 Å². The topological polar surface area (TPSA) is 45.1 Å². The van der Waals surface area contributed by atoms with Gasteiger partial charge in [-0.05, 0) is 40.2 Å². The van der Waals surface area contributed by atoms with Gasteiger partial charge < -0.3 is 9.94 Å². The van der Waals surface area contributed by atoms with Gasteiger partial charge in [0.2, 0.25) is 0 Å². The Labute approximate surface area is 127 Å². The minimum Gasteiger partial charge on any atom is -0.478 e. The van der Waals surface area contributed by atoms with Gasteiger partial charge in [0.1, 0.15) is 6.61 Å². The largest absolute Gasteiger partial charge is 0.478 e. The van der Waals surface area contributed by atoms with E-state index in [0.717, 1.165) is 11.5 Å². The summed E-state index contributed by atoms with van der Waals surface area (Å²) < 4.78 is 5.70. The molecular weight excluding hydrogens is 264 g/mol. The third-order valence-electron chi connectivity index (χ3n) is 3.55. The number of rotatable bonds is 4. The molecule has 0 amide bonds. The highest BCUT2D eigenvalue weighted by atomic mass is 16.5.